The van der Waals surface area contributed by atoms with E-state index < -0.39 is 34.0 Å². The third kappa shape index (κ3) is 6.82. The van der Waals surface area contributed by atoms with E-state index in [-0.39, 0.29) is 34.3 Å². The number of sulfonamides is 1. The number of nitrogens with zero attached hydrogens (tertiary/aromatic N) is 2. The summed E-state index contributed by atoms with van der Waals surface area (Å²) in [4.78, 5) is 28.9. The van der Waals surface area contributed by atoms with Gasteiger partial charge in [0.2, 0.25) is 15.9 Å². The monoisotopic (exact) mass is 577 g/mol. The minimum atomic E-state index is -4.08. The Bertz CT molecular complexity index is 1380. The lowest BCUT2D eigenvalue weighted by Gasteiger charge is -2.25. The minimum Gasteiger partial charge on any atom is -0.489 e. The highest BCUT2D eigenvalue weighted by molar-refractivity contribution is 7.89. The lowest BCUT2D eigenvalue weighted by Crippen LogP contribution is -2.51. The normalized spacial score (nSPS) is 16.6. The molecule has 200 valence electrons. The zero-order valence-electron chi connectivity index (χ0n) is 20.1. The number of aromatic nitrogens is 1. The smallest absolute Gasteiger partial charge is 0.326 e. The number of hydrogen-bond acceptors (Lipinski definition) is 6. The lowest BCUT2D eigenvalue weighted by atomic mass is 10.1. The fourth-order valence-electron chi connectivity index (χ4n) is 4.17. The number of halogens is 2. The molecule has 2 aromatic carbocycles. The van der Waals surface area contributed by atoms with Gasteiger partial charge in [-0.1, -0.05) is 35.3 Å². The molecule has 1 fully saturated rings. The number of hydrogen-bond donors (Lipinski definition) is 2. The van der Waals surface area contributed by atoms with E-state index in [4.69, 9.17) is 27.9 Å². The Morgan fingerprint density at radius 3 is 2.34 bits per heavy atom. The molecular weight excluding hydrogens is 553 g/mol. The molecule has 38 heavy (non-hydrogen) atoms. The number of ether oxygens (including phenoxy) is 1. The van der Waals surface area contributed by atoms with Gasteiger partial charge in [-0.15, -0.1) is 0 Å². The van der Waals surface area contributed by atoms with E-state index >= 15 is 0 Å². The molecule has 1 aliphatic rings. The van der Waals surface area contributed by atoms with Gasteiger partial charge in [-0.3, -0.25) is 9.78 Å². The molecule has 1 saturated heterocycles. The molecule has 0 bridgehead atoms. The van der Waals surface area contributed by atoms with Crippen LogP contribution in [0.1, 0.15) is 24.0 Å². The molecule has 12 heteroatoms. The van der Waals surface area contributed by atoms with Gasteiger partial charge in [-0.05, 0) is 66.4 Å². The summed E-state index contributed by atoms with van der Waals surface area (Å²) in [6.07, 6.45) is 4.07. The summed E-state index contributed by atoms with van der Waals surface area (Å²) in [5.74, 6) is -1.30. The van der Waals surface area contributed by atoms with Crippen LogP contribution >= 0.6 is 23.2 Å². The number of amides is 1. The number of carboxylic acids is 1. The van der Waals surface area contributed by atoms with E-state index in [2.05, 4.69) is 10.3 Å². The summed E-state index contributed by atoms with van der Waals surface area (Å²) in [5.41, 5.74) is 1.62. The van der Waals surface area contributed by atoms with E-state index in [0.29, 0.717) is 24.3 Å². The zero-order chi connectivity index (χ0) is 27.3. The van der Waals surface area contributed by atoms with Crippen LogP contribution in [0, 0.1) is 0 Å². The highest BCUT2D eigenvalue weighted by Gasteiger charge is 2.40. The van der Waals surface area contributed by atoms with Crippen molar-refractivity contribution in [3.63, 3.8) is 0 Å². The molecule has 0 unspecified atom stereocenters. The summed E-state index contributed by atoms with van der Waals surface area (Å²) in [6, 6.07) is 12.2. The van der Waals surface area contributed by atoms with E-state index in [0.717, 1.165) is 9.87 Å². The Balaban J connectivity index is 1.41. The van der Waals surface area contributed by atoms with Gasteiger partial charge in [0.05, 0.1) is 4.90 Å². The zero-order valence-corrected chi connectivity index (χ0v) is 22.4. The Labute approximate surface area is 230 Å². The molecule has 0 spiro atoms. The van der Waals surface area contributed by atoms with E-state index in [1.807, 2.05) is 12.1 Å². The topological polar surface area (TPSA) is 126 Å². The highest BCUT2D eigenvalue weighted by atomic mass is 35.5. The molecule has 0 aliphatic carbocycles. The summed E-state index contributed by atoms with van der Waals surface area (Å²) in [7, 11) is -4.08. The van der Waals surface area contributed by atoms with Crippen molar-refractivity contribution in [3.05, 3.63) is 88.2 Å². The Morgan fingerprint density at radius 1 is 1.05 bits per heavy atom. The second-order valence-electron chi connectivity index (χ2n) is 8.77. The predicted octanol–water partition coefficient (Wildman–Crippen LogP) is 3.93. The molecule has 2 atom stereocenters. The fourth-order valence-corrected chi connectivity index (χ4v) is 6.56. The van der Waals surface area contributed by atoms with Gasteiger partial charge in [0, 0.05) is 35.4 Å². The summed E-state index contributed by atoms with van der Waals surface area (Å²) in [5, 5.41) is 12.6. The van der Waals surface area contributed by atoms with Crippen molar-refractivity contribution in [3.8, 4) is 5.75 Å². The van der Waals surface area contributed by atoms with Crippen LogP contribution in [0.25, 0.3) is 0 Å². The molecule has 9 nitrogen and oxygen atoms in total. The molecule has 1 amide bonds. The van der Waals surface area contributed by atoms with Crippen LogP contribution in [-0.4, -0.2) is 53.3 Å². The number of nitrogens with one attached hydrogen (secondary N) is 1. The number of carboxylic acid groups (broad SMARTS) is 1. The predicted molar refractivity (Wildman–Crippen MR) is 142 cm³/mol. The van der Waals surface area contributed by atoms with Gasteiger partial charge in [-0.2, -0.15) is 4.31 Å². The van der Waals surface area contributed by atoms with Crippen molar-refractivity contribution in [2.24, 2.45) is 0 Å². The molecule has 3 aromatic rings. The molecule has 2 N–H and O–H groups in total. The Morgan fingerprint density at radius 2 is 1.71 bits per heavy atom. The van der Waals surface area contributed by atoms with Crippen molar-refractivity contribution < 1.29 is 27.9 Å². The van der Waals surface area contributed by atoms with E-state index in [1.54, 1.807) is 36.7 Å². The van der Waals surface area contributed by atoms with Crippen molar-refractivity contribution >= 4 is 45.1 Å². The van der Waals surface area contributed by atoms with Gasteiger partial charge in [0.1, 0.15) is 24.4 Å². The SMILES string of the molecule is O=C(O)[C@H](Cc1ccc(OCc2ccncc2)cc1)NC(=O)[C@@H]1CCCN1S(=O)(=O)c1cc(Cl)cc(Cl)c1. The van der Waals surface area contributed by atoms with Crippen molar-refractivity contribution in [1.29, 1.82) is 0 Å². The van der Waals surface area contributed by atoms with Gasteiger partial charge in [0.15, 0.2) is 0 Å². The third-order valence-electron chi connectivity index (χ3n) is 6.08. The lowest BCUT2D eigenvalue weighted by molar-refractivity contribution is -0.142. The summed E-state index contributed by atoms with van der Waals surface area (Å²) >= 11 is 12.0. The van der Waals surface area contributed by atoms with Gasteiger partial charge in [0.25, 0.3) is 0 Å². The third-order valence-corrected chi connectivity index (χ3v) is 8.40. The Hall–Kier alpha value is -3.18. The van der Waals surface area contributed by atoms with Crippen LogP contribution in [-0.2, 0) is 32.6 Å². The highest BCUT2D eigenvalue weighted by Crippen LogP contribution is 2.30. The van der Waals surface area contributed by atoms with Crippen LogP contribution < -0.4 is 10.1 Å². The van der Waals surface area contributed by atoms with Gasteiger partial charge < -0.3 is 15.2 Å². The molecule has 4 rings (SSSR count). The fraction of sp³-hybridized carbons (Fsp3) is 0.269. The first-order valence-electron chi connectivity index (χ1n) is 11.8. The summed E-state index contributed by atoms with van der Waals surface area (Å²) in [6.45, 7) is 0.473. The van der Waals surface area contributed by atoms with Gasteiger partial charge >= 0.3 is 5.97 Å². The molecular formula is C26H25Cl2N3O6S. The number of rotatable bonds is 10. The Kier molecular flexibility index (Phi) is 8.88. The molecule has 2 heterocycles. The maximum atomic E-state index is 13.2. The average molecular weight is 578 g/mol. The number of benzene rings is 2. The molecule has 1 aliphatic heterocycles. The number of pyridine rings is 1. The van der Waals surface area contributed by atoms with Crippen LogP contribution in [0.5, 0.6) is 5.75 Å². The largest absolute Gasteiger partial charge is 0.489 e. The van der Waals surface area contributed by atoms with Crippen LogP contribution in [0.2, 0.25) is 10.0 Å². The number of carbonyl (C=O) groups excluding carboxylic acids is 1. The van der Waals surface area contributed by atoms with Crippen LogP contribution in [0.15, 0.2) is 71.9 Å². The average Bonchev–Trinajstić information content (AvgIpc) is 3.39. The van der Waals surface area contributed by atoms with Crippen LogP contribution in [0.4, 0.5) is 0 Å². The first kappa shape index (κ1) is 27.8. The van der Waals surface area contributed by atoms with Crippen molar-refractivity contribution in [1.82, 2.24) is 14.6 Å². The second kappa shape index (κ2) is 12.1. The first-order chi connectivity index (χ1) is 18.1. The van der Waals surface area contributed by atoms with Crippen LogP contribution in [0.3, 0.4) is 0 Å². The van der Waals surface area contributed by atoms with E-state index in [9.17, 15) is 23.1 Å². The number of aliphatic carboxylic acids is 1. The molecule has 0 radical (unpaired) electrons. The van der Waals surface area contributed by atoms with Gasteiger partial charge in [-0.25, -0.2) is 13.2 Å². The summed E-state index contributed by atoms with van der Waals surface area (Å²) < 4.78 is 33.3. The maximum Gasteiger partial charge on any atom is 0.326 e. The minimum absolute atomic E-state index is 0.00901. The first-order valence-corrected chi connectivity index (χ1v) is 13.9. The number of carbonyl (C=O) groups is 2. The standard InChI is InChI=1S/C26H25Cl2N3O6S/c27-19-13-20(28)15-22(14-19)38(35,36)31-11-1-2-24(31)25(32)30-23(26(33)34)12-17-3-5-21(6-4-17)37-16-18-7-9-29-10-8-18/h3-10,13-15,23-24H,1-2,11-12,16H2,(H,30,32)(H,33,34)/t23-,24-/m0/s1. The second-order valence-corrected chi connectivity index (χ2v) is 11.5. The molecule has 0 saturated carbocycles. The van der Waals surface area contributed by atoms with E-state index in [1.165, 1.54) is 18.2 Å². The maximum absolute atomic E-state index is 13.2. The van der Waals surface area contributed by atoms with Crippen molar-refractivity contribution in [2.45, 2.75) is 42.8 Å². The molecule has 1 aromatic heterocycles. The quantitative estimate of drug-likeness (QED) is 0.374. The van der Waals surface area contributed by atoms with Crippen molar-refractivity contribution in [2.75, 3.05) is 6.54 Å².